The zero-order chi connectivity index (χ0) is 12.8. The van der Waals surface area contributed by atoms with E-state index >= 15 is 0 Å². The second kappa shape index (κ2) is 4.53. The number of halogens is 1. The highest BCUT2D eigenvalue weighted by Gasteiger charge is 2.47. The highest BCUT2D eigenvalue weighted by atomic mass is 79.9. The van der Waals surface area contributed by atoms with E-state index in [1.54, 1.807) is 0 Å². The van der Waals surface area contributed by atoms with Gasteiger partial charge in [0.05, 0.1) is 6.61 Å². The maximum absolute atomic E-state index is 5.83. The molecule has 0 aromatic heterocycles. The third-order valence-corrected chi connectivity index (χ3v) is 5.07. The summed E-state index contributed by atoms with van der Waals surface area (Å²) >= 11 is 3.63. The van der Waals surface area contributed by atoms with Crippen LogP contribution in [0.15, 0.2) is 16.6 Å². The fourth-order valence-corrected chi connectivity index (χ4v) is 3.64. The van der Waals surface area contributed by atoms with Gasteiger partial charge in [-0.25, -0.2) is 0 Å². The van der Waals surface area contributed by atoms with Gasteiger partial charge in [-0.3, -0.25) is 0 Å². The first kappa shape index (κ1) is 12.5. The van der Waals surface area contributed by atoms with Crippen molar-refractivity contribution in [2.24, 2.45) is 5.41 Å². The Labute approximate surface area is 117 Å². The minimum atomic E-state index is 0.454. The van der Waals surface area contributed by atoms with Crippen molar-refractivity contribution in [1.82, 2.24) is 5.32 Å². The summed E-state index contributed by atoms with van der Waals surface area (Å²) in [5.74, 6) is 1.16. The fraction of sp³-hybridized carbons (Fsp3) is 0.600. The molecule has 98 valence electrons. The van der Waals surface area contributed by atoms with Gasteiger partial charge in [-0.05, 0) is 61.9 Å². The molecule has 18 heavy (non-hydrogen) atoms. The third-order valence-electron chi connectivity index (χ3n) is 4.61. The maximum Gasteiger partial charge on any atom is 0.125 e. The highest BCUT2D eigenvalue weighted by Crippen LogP contribution is 2.52. The monoisotopic (exact) mass is 309 g/mol. The molecule has 0 saturated heterocycles. The Kier molecular flexibility index (Phi) is 3.15. The van der Waals surface area contributed by atoms with E-state index in [0.717, 1.165) is 25.2 Å². The van der Waals surface area contributed by atoms with E-state index in [2.05, 4.69) is 47.4 Å². The highest BCUT2D eigenvalue weighted by molar-refractivity contribution is 9.10. The normalized spacial score (nSPS) is 21.3. The van der Waals surface area contributed by atoms with E-state index < -0.39 is 0 Å². The van der Waals surface area contributed by atoms with Crippen LogP contribution in [0.3, 0.4) is 0 Å². The summed E-state index contributed by atoms with van der Waals surface area (Å²) in [5.41, 5.74) is 3.21. The Morgan fingerprint density at radius 1 is 1.44 bits per heavy atom. The van der Waals surface area contributed by atoms with Crippen LogP contribution in [0.1, 0.15) is 30.9 Å². The first-order valence-corrected chi connectivity index (χ1v) is 7.55. The van der Waals surface area contributed by atoms with Crippen LogP contribution in [-0.2, 0) is 12.8 Å². The first-order chi connectivity index (χ1) is 8.64. The predicted octanol–water partition coefficient (Wildman–Crippen LogP) is 3.31. The van der Waals surface area contributed by atoms with E-state index in [1.807, 2.05) is 0 Å². The topological polar surface area (TPSA) is 21.3 Å². The molecule has 1 atom stereocenters. The third kappa shape index (κ3) is 2.08. The van der Waals surface area contributed by atoms with Crippen molar-refractivity contribution < 1.29 is 4.74 Å². The lowest BCUT2D eigenvalue weighted by Crippen LogP contribution is -2.33. The lowest BCUT2D eigenvalue weighted by Gasteiger charge is -2.24. The van der Waals surface area contributed by atoms with Crippen LogP contribution < -0.4 is 10.1 Å². The number of fused-ring (bicyclic) bond motifs is 1. The molecular formula is C15H20BrNO. The van der Waals surface area contributed by atoms with Crippen molar-refractivity contribution in [3.8, 4) is 5.75 Å². The van der Waals surface area contributed by atoms with Gasteiger partial charge in [0.15, 0.2) is 0 Å². The number of hydrogen-bond acceptors (Lipinski definition) is 2. The number of benzene rings is 1. The molecule has 1 fully saturated rings. The summed E-state index contributed by atoms with van der Waals surface area (Å²) in [7, 11) is 2.06. The average Bonchev–Trinajstić information content (AvgIpc) is 2.97. The Morgan fingerprint density at radius 2 is 2.22 bits per heavy atom. The molecule has 1 aromatic rings. The maximum atomic E-state index is 5.83. The van der Waals surface area contributed by atoms with Crippen molar-refractivity contribution in [1.29, 1.82) is 0 Å². The minimum Gasteiger partial charge on any atom is -0.493 e. The van der Waals surface area contributed by atoms with Gasteiger partial charge in [-0.1, -0.05) is 15.9 Å². The van der Waals surface area contributed by atoms with Gasteiger partial charge in [0.2, 0.25) is 0 Å². The first-order valence-electron chi connectivity index (χ1n) is 6.76. The Bertz CT molecular complexity index is 468. The van der Waals surface area contributed by atoms with Crippen LogP contribution >= 0.6 is 15.9 Å². The molecule has 1 aromatic carbocycles. The molecular weight excluding hydrogens is 290 g/mol. The van der Waals surface area contributed by atoms with Gasteiger partial charge in [-0.15, -0.1) is 0 Å². The average molecular weight is 310 g/mol. The van der Waals surface area contributed by atoms with E-state index in [9.17, 15) is 0 Å². The second-order valence-electron chi connectivity index (χ2n) is 5.70. The molecule has 1 heterocycles. The molecule has 3 rings (SSSR count). The number of hydrogen-bond donors (Lipinski definition) is 1. The summed E-state index contributed by atoms with van der Waals surface area (Å²) in [5, 5.41) is 3.42. The van der Waals surface area contributed by atoms with Crippen LogP contribution in [-0.4, -0.2) is 19.7 Å². The van der Waals surface area contributed by atoms with Crippen molar-refractivity contribution in [2.75, 3.05) is 13.7 Å². The fourth-order valence-electron chi connectivity index (χ4n) is 3.09. The largest absolute Gasteiger partial charge is 0.493 e. The molecule has 0 amide bonds. The number of rotatable bonds is 4. The lowest BCUT2D eigenvalue weighted by atomic mass is 9.89. The molecule has 3 heteroatoms. The number of nitrogens with one attached hydrogen (secondary N) is 1. The molecule has 0 bridgehead atoms. The molecule has 0 radical (unpaired) electrons. The smallest absolute Gasteiger partial charge is 0.125 e. The van der Waals surface area contributed by atoms with Gasteiger partial charge in [0.1, 0.15) is 5.75 Å². The Hall–Kier alpha value is -0.540. The van der Waals surface area contributed by atoms with Gasteiger partial charge in [-0.2, -0.15) is 0 Å². The summed E-state index contributed by atoms with van der Waals surface area (Å²) in [6.45, 7) is 3.14. The van der Waals surface area contributed by atoms with Crippen LogP contribution in [0.25, 0.3) is 0 Å². The van der Waals surface area contributed by atoms with Gasteiger partial charge in [0.25, 0.3) is 0 Å². The van der Waals surface area contributed by atoms with E-state index in [1.165, 1.54) is 28.4 Å². The predicted molar refractivity (Wildman–Crippen MR) is 77.2 cm³/mol. The Balaban J connectivity index is 1.90. The molecule has 1 saturated carbocycles. The molecule has 1 aliphatic carbocycles. The zero-order valence-electron chi connectivity index (χ0n) is 11.1. The van der Waals surface area contributed by atoms with Crippen LogP contribution in [0.5, 0.6) is 5.75 Å². The van der Waals surface area contributed by atoms with Crippen LogP contribution in [0.2, 0.25) is 0 Å². The van der Waals surface area contributed by atoms with Gasteiger partial charge in [0, 0.05) is 16.9 Å². The van der Waals surface area contributed by atoms with E-state index in [4.69, 9.17) is 4.74 Å². The summed E-state index contributed by atoms with van der Waals surface area (Å²) < 4.78 is 7.02. The summed E-state index contributed by atoms with van der Waals surface area (Å²) in [6, 6.07) is 5.02. The van der Waals surface area contributed by atoms with Gasteiger partial charge < -0.3 is 10.1 Å². The van der Waals surface area contributed by atoms with Crippen molar-refractivity contribution >= 4 is 15.9 Å². The van der Waals surface area contributed by atoms with Gasteiger partial charge >= 0.3 is 0 Å². The zero-order valence-corrected chi connectivity index (χ0v) is 12.6. The molecule has 2 aliphatic rings. The molecule has 0 spiro atoms. The summed E-state index contributed by atoms with van der Waals surface area (Å²) in [6.07, 6.45) is 4.85. The van der Waals surface area contributed by atoms with Crippen LogP contribution in [0, 0.1) is 5.41 Å². The molecule has 2 nitrogen and oxygen atoms in total. The summed E-state index contributed by atoms with van der Waals surface area (Å²) in [4.78, 5) is 0. The minimum absolute atomic E-state index is 0.454. The van der Waals surface area contributed by atoms with Crippen molar-refractivity contribution in [3.63, 3.8) is 0 Å². The lowest BCUT2D eigenvalue weighted by molar-refractivity contribution is 0.337. The van der Waals surface area contributed by atoms with Crippen LogP contribution in [0.4, 0.5) is 0 Å². The standard InChI is InChI=1S/C15H20BrNO/c1-10(17-2)15(4-5-15)9-12-8-13(16)7-11-3-6-18-14(11)12/h7-8,10,17H,3-6,9H2,1-2H3. The number of ether oxygens (including phenoxy) is 1. The SMILES string of the molecule is CNC(C)C1(Cc2cc(Br)cc3c2OCC3)CC1. The quantitative estimate of drug-likeness (QED) is 0.921. The molecule has 1 aliphatic heterocycles. The van der Waals surface area contributed by atoms with Crippen molar-refractivity contribution in [3.05, 3.63) is 27.7 Å². The second-order valence-corrected chi connectivity index (χ2v) is 6.62. The van der Waals surface area contributed by atoms with E-state index in [0.29, 0.717) is 11.5 Å². The molecule has 1 unspecified atom stereocenters. The van der Waals surface area contributed by atoms with Crippen molar-refractivity contribution in [2.45, 2.75) is 38.6 Å². The van der Waals surface area contributed by atoms with E-state index in [-0.39, 0.29) is 0 Å². The molecule has 1 N–H and O–H groups in total. The Morgan fingerprint density at radius 3 is 2.89 bits per heavy atom.